The van der Waals surface area contributed by atoms with Crippen LogP contribution in [0.4, 0.5) is 13.2 Å². The number of rotatable bonds is 5. The van der Waals surface area contributed by atoms with Crippen LogP contribution in [0, 0.1) is 0 Å². The number of nitrogens with zero attached hydrogens (tertiary/aromatic N) is 2. The number of piperidine rings is 1. The van der Waals surface area contributed by atoms with Crippen LogP contribution < -0.4 is 5.73 Å². The Balaban J connectivity index is 2.77. The van der Waals surface area contributed by atoms with Crippen LogP contribution >= 0.6 is 0 Å². The molecule has 0 bridgehead atoms. The van der Waals surface area contributed by atoms with Crippen molar-refractivity contribution in [3.63, 3.8) is 0 Å². The Labute approximate surface area is 118 Å². The van der Waals surface area contributed by atoms with E-state index in [4.69, 9.17) is 5.73 Å². The number of nitrogens with two attached hydrogens (primary N) is 1. The van der Waals surface area contributed by atoms with E-state index in [-0.39, 0.29) is 6.04 Å². The van der Waals surface area contributed by atoms with Gasteiger partial charge in [-0.05, 0) is 46.7 Å². The second-order valence-corrected chi connectivity index (χ2v) is 5.65. The van der Waals surface area contributed by atoms with Gasteiger partial charge in [-0.2, -0.15) is 8.78 Å². The van der Waals surface area contributed by atoms with E-state index in [9.17, 15) is 13.2 Å². The lowest BCUT2D eigenvalue weighted by Gasteiger charge is -2.33. The first-order chi connectivity index (χ1) is 9.22. The number of allylic oxidation sites excluding steroid dienone is 1. The molecule has 0 amide bonds. The van der Waals surface area contributed by atoms with E-state index < -0.39 is 24.4 Å². The zero-order chi connectivity index (χ0) is 15.3. The summed E-state index contributed by atoms with van der Waals surface area (Å²) in [6, 6.07) is 0.0822. The Kier molecular flexibility index (Phi) is 6.20. The molecule has 1 rings (SSSR count). The molecule has 6 heteroatoms. The summed E-state index contributed by atoms with van der Waals surface area (Å²) >= 11 is 0. The zero-order valence-corrected chi connectivity index (χ0v) is 12.4. The minimum absolute atomic E-state index is 0.0822. The van der Waals surface area contributed by atoms with Gasteiger partial charge in [0.05, 0.1) is 6.54 Å². The van der Waals surface area contributed by atoms with Gasteiger partial charge in [0.25, 0.3) is 0 Å². The molecule has 0 aliphatic carbocycles. The third kappa shape index (κ3) is 5.25. The summed E-state index contributed by atoms with van der Waals surface area (Å²) in [6.07, 6.45) is 0.905. The van der Waals surface area contributed by atoms with Crippen molar-refractivity contribution in [3.05, 3.63) is 11.8 Å². The Morgan fingerprint density at radius 3 is 2.40 bits per heavy atom. The summed E-state index contributed by atoms with van der Waals surface area (Å²) in [7, 11) is 0. The first-order valence-electron chi connectivity index (χ1n) is 6.93. The summed E-state index contributed by atoms with van der Waals surface area (Å²) < 4.78 is 41.8. The number of alkyl halides is 3. The highest BCUT2D eigenvalue weighted by atomic mass is 19.3. The summed E-state index contributed by atoms with van der Waals surface area (Å²) in [5.74, 6) is -3.26. The van der Waals surface area contributed by atoms with Gasteiger partial charge in [0.2, 0.25) is 0 Å². The van der Waals surface area contributed by atoms with E-state index in [2.05, 4.69) is 4.99 Å². The first kappa shape index (κ1) is 17.2. The fraction of sp³-hybridized carbons (Fsp3) is 0.786. The molecule has 1 heterocycles. The molecule has 2 N–H and O–H groups in total. The molecular weight excluding hydrogens is 267 g/mol. The second-order valence-electron chi connectivity index (χ2n) is 5.65. The Morgan fingerprint density at radius 1 is 1.40 bits per heavy atom. The molecule has 1 aliphatic heterocycles. The smallest absolute Gasteiger partial charge is 0.301 e. The summed E-state index contributed by atoms with van der Waals surface area (Å²) in [4.78, 5) is 5.28. The average molecular weight is 291 g/mol. The predicted octanol–water partition coefficient (Wildman–Crippen LogP) is 2.77. The minimum Gasteiger partial charge on any atom is -0.328 e. The molecule has 3 nitrogen and oxygen atoms in total. The summed E-state index contributed by atoms with van der Waals surface area (Å²) in [5, 5.41) is 0. The average Bonchev–Trinajstić information content (AvgIpc) is 2.30. The van der Waals surface area contributed by atoms with E-state index in [1.807, 2.05) is 0 Å². The van der Waals surface area contributed by atoms with Crippen molar-refractivity contribution in [2.24, 2.45) is 10.7 Å². The highest BCUT2D eigenvalue weighted by molar-refractivity contribution is 5.95. The highest BCUT2D eigenvalue weighted by Crippen LogP contribution is 2.23. The molecular formula is C14H24F3N3. The van der Waals surface area contributed by atoms with Crippen molar-refractivity contribution < 1.29 is 13.2 Å². The van der Waals surface area contributed by atoms with Crippen LogP contribution in [-0.2, 0) is 0 Å². The lowest BCUT2D eigenvalue weighted by atomic mass is 10.0. The van der Waals surface area contributed by atoms with E-state index in [0.717, 1.165) is 12.5 Å². The maximum atomic E-state index is 14.2. The number of halogens is 3. The van der Waals surface area contributed by atoms with Crippen molar-refractivity contribution >= 4 is 5.71 Å². The largest absolute Gasteiger partial charge is 0.328 e. The molecule has 0 radical (unpaired) electrons. The molecule has 1 saturated heterocycles. The van der Waals surface area contributed by atoms with Crippen LogP contribution in [-0.4, -0.2) is 48.4 Å². The zero-order valence-electron chi connectivity index (χ0n) is 12.4. The maximum absolute atomic E-state index is 14.2. The molecule has 1 aliphatic rings. The van der Waals surface area contributed by atoms with Gasteiger partial charge in [0.15, 0.2) is 0 Å². The summed E-state index contributed by atoms with van der Waals surface area (Å²) in [6.45, 7) is 5.10. The summed E-state index contributed by atoms with van der Waals surface area (Å²) in [5.41, 5.74) is 5.80. The standard InChI is InChI=1S/C14H24F3N3/c1-10(2)8-19-13(11(3)15)14(16,17)9-20-6-4-12(18)5-7-20/h8,11-12H,4-7,9,18H2,1-3H3/b19-13+. The second kappa shape index (κ2) is 7.22. The van der Waals surface area contributed by atoms with Gasteiger partial charge in [0.1, 0.15) is 11.9 Å². The molecule has 116 valence electrons. The van der Waals surface area contributed by atoms with Crippen molar-refractivity contribution in [3.8, 4) is 0 Å². The molecule has 20 heavy (non-hydrogen) atoms. The molecule has 1 atom stereocenters. The van der Waals surface area contributed by atoms with E-state index in [1.165, 1.54) is 6.20 Å². The third-order valence-corrected chi connectivity index (χ3v) is 3.27. The number of hydrogen-bond donors (Lipinski definition) is 1. The highest BCUT2D eigenvalue weighted by Gasteiger charge is 2.41. The monoisotopic (exact) mass is 291 g/mol. The number of aliphatic imine (C=N–C) groups is 1. The van der Waals surface area contributed by atoms with Gasteiger partial charge in [-0.1, -0.05) is 5.57 Å². The SMILES string of the molecule is CC(C)=C/N=C(\C(C)F)C(F)(F)CN1CCC(N)CC1. The fourth-order valence-electron chi connectivity index (χ4n) is 2.16. The van der Waals surface area contributed by atoms with Crippen molar-refractivity contribution in [2.45, 2.75) is 51.7 Å². The quantitative estimate of drug-likeness (QED) is 0.791. The minimum atomic E-state index is -3.26. The van der Waals surface area contributed by atoms with Gasteiger partial charge < -0.3 is 5.73 Å². The van der Waals surface area contributed by atoms with Gasteiger partial charge in [0, 0.05) is 12.2 Å². The Hall–Kier alpha value is -0.880. The van der Waals surface area contributed by atoms with E-state index in [0.29, 0.717) is 25.9 Å². The van der Waals surface area contributed by atoms with Crippen LogP contribution in [0.3, 0.4) is 0 Å². The van der Waals surface area contributed by atoms with Crippen LogP contribution in [0.2, 0.25) is 0 Å². The van der Waals surface area contributed by atoms with Gasteiger partial charge >= 0.3 is 5.92 Å². The Morgan fingerprint density at radius 2 is 1.95 bits per heavy atom. The lowest BCUT2D eigenvalue weighted by Crippen LogP contribution is -2.49. The third-order valence-electron chi connectivity index (χ3n) is 3.27. The lowest BCUT2D eigenvalue weighted by molar-refractivity contribution is 0.0198. The van der Waals surface area contributed by atoms with Crippen LogP contribution in [0.5, 0.6) is 0 Å². The number of likely N-dealkylation sites (tertiary alicyclic amines) is 1. The predicted molar refractivity (Wildman–Crippen MR) is 76.0 cm³/mol. The van der Waals surface area contributed by atoms with E-state index >= 15 is 0 Å². The topological polar surface area (TPSA) is 41.6 Å². The van der Waals surface area contributed by atoms with Crippen molar-refractivity contribution in [1.29, 1.82) is 0 Å². The molecule has 0 saturated carbocycles. The fourth-order valence-corrected chi connectivity index (χ4v) is 2.16. The molecule has 0 aromatic rings. The molecule has 0 aromatic heterocycles. The van der Waals surface area contributed by atoms with E-state index in [1.54, 1.807) is 18.7 Å². The van der Waals surface area contributed by atoms with Crippen LogP contribution in [0.25, 0.3) is 0 Å². The number of hydrogen-bond acceptors (Lipinski definition) is 3. The Bertz CT molecular complexity index is 366. The molecule has 1 unspecified atom stereocenters. The van der Waals surface area contributed by atoms with Crippen LogP contribution in [0.1, 0.15) is 33.6 Å². The normalized spacial score (nSPS) is 20.9. The van der Waals surface area contributed by atoms with Gasteiger partial charge in [-0.15, -0.1) is 0 Å². The van der Waals surface area contributed by atoms with Gasteiger partial charge in [-0.25, -0.2) is 4.39 Å². The van der Waals surface area contributed by atoms with Gasteiger partial charge in [-0.3, -0.25) is 9.89 Å². The van der Waals surface area contributed by atoms with Crippen molar-refractivity contribution in [2.75, 3.05) is 19.6 Å². The first-order valence-corrected chi connectivity index (χ1v) is 6.93. The van der Waals surface area contributed by atoms with Crippen LogP contribution in [0.15, 0.2) is 16.8 Å². The maximum Gasteiger partial charge on any atom is 0.301 e. The molecule has 1 fully saturated rings. The molecule has 0 spiro atoms. The van der Waals surface area contributed by atoms with Crippen molar-refractivity contribution in [1.82, 2.24) is 4.90 Å². The molecule has 0 aromatic carbocycles.